The molecule has 0 heterocycles. The number of urea groups is 1. The van der Waals surface area contributed by atoms with Crippen molar-refractivity contribution in [1.82, 2.24) is 16.0 Å². The summed E-state index contributed by atoms with van der Waals surface area (Å²) in [7, 11) is 0. The molecule has 1 aliphatic carbocycles. The third kappa shape index (κ3) is 20.9. The van der Waals surface area contributed by atoms with E-state index in [1.165, 1.54) is 58.8 Å². The Kier molecular flexibility index (Phi) is 23.1. The van der Waals surface area contributed by atoms with E-state index in [4.69, 9.17) is 10.5 Å². The first kappa shape index (κ1) is 46.3. The number of ether oxygens (including phenoxy) is 1. The fourth-order valence-electron chi connectivity index (χ4n) is 4.79. The number of rotatable bonds is 18. The summed E-state index contributed by atoms with van der Waals surface area (Å²) in [6, 6.07) is -1.50. The number of carbonyl (C=O) groups is 4. The van der Waals surface area contributed by atoms with Crippen molar-refractivity contribution in [2.45, 2.75) is 165 Å². The Balaban J connectivity index is 0. The summed E-state index contributed by atoms with van der Waals surface area (Å²) in [5.41, 5.74) is 6.03. The molecule has 9 nitrogen and oxygen atoms in total. The summed E-state index contributed by atoms with van der Waals surface area (Å²) in [4.78, 5) is 46.3. The Hall–Kier alpha value is -2.84. The van der Waals surface area contributed by atoms with Crippen LogP contribution in [0.1, 0.15) is 147 Å². The molecule has 0 aromatic rings. The van der Waals surface area contributed by atoms with E-state index in [1.54, 1.807) is 0 Å². The van der Waals surface area contributed by atoms with Crippen LogP contribution in [0.25, 0.3) is 0 Å². The lowest BCUT2D eigenvalue weighted by molar-refractivity contribution is -0.142. The van der Waals surface area contributed by atoms with Crippen molar-refractivity contribution in [2.75, 3.05) is 6.61 Å². The molecule has 1 rings (SSSR count). The SMILES string of the molecule is C=C(NC(C)C(=C)C(N)=O)C(CCCC)CCCC.CC1CCC1.CCC(C)(C)C(NC(=O)NC(COC(C)=O)C(C)(C)C)C(C)=O. The molecule has 0 spiro atoms. The number of Topliss-reactive ketones (excluding diaryl/α,β-unsaturated/α-hetero) is 1. The normalized spacial score (nSPS) is 14.8. The molecular formula is C38H72N4O5. The number of hydrogen-bond donors (Lipinski definition) is 4. The zero-order chi connectivity index (χ0) is 37.0. The molecule has 0 radical (unpaired) electrons. The van der Waals surface area contributed by atoms with Gasteiger partial charge >= 0.3 is 12.0 Å². The molecule has 3 atom stereocenters. The predicted octanol–water partition coefficient (Wildman–Crippen LogP) is 7.98. The van der Waals surface area contributed by atoms with Gasteiger partial charge in [0.2, 0.25) is 5.91 Å². The van der Waals surface area contributed by atoms with Gasteiger partial charge in [0.25, 0.3) is 0 Å². The van der Waals surface area contributed by atoms with Gasteiger partial charge in [0, 0.05) is 18.2 Å². The van der Waals surface area contributed by atoms with Crippen LogP contribution in [0.2, 0.25) is 0 Å². The van der Waals surface area contributed by atoms with E-state index in [2.05, 4.69) is 49.9 Å². The van der Waals surface area contributed by atoms with Gasteiger partial charge in [-0.3, -0.25) is 14.4 Å². The summed E-state index contributed by atoms with van der Waals surface area (Å²) in [5, 5.41) is 8.86. The van der Waals surface area contributed by atoms with Gasteiger partial charge in [0.05, 0.1) is 18.1 Å². The fraction of sp³-hybridized carbons (Fsp3) is 0.789. The largest absolute Gasteiger partial charge is 0.464 e. The first-order chi connectivity index (χ1) is 21.6. The Morgan fingerprint density at radius 2 is 1.38 bits per heavy atom. The van der Waals surface area contributed by atoms with Crippen LogP contribution in [0.5, 0.6) is 0 Å². The maximum absolute atomic E-state index is 12.3. The molecule has 47 heavy (non-hydrogen) atoms. The number of unbranched alkanes of at least 4 members (excludes halogenated alkanes) is 2. The van der Waals surface area contributed by atoms with E-state index < -0.39 is 23.9 Å². The lowest BCUT2D eigenvalue weighted by Gasteiger charge is -2.35. The van der Waals surface area contributed by atoms with Crippen molar-refractivity contribution in [1.29, 1.82) is 0 Å². The molecular weight excluding hydrogens is 592 g/mol. The van der Waals surface area contributed by atoms with E-state index in [9.17, 15) is 19.2 Å². The second kappa shape index (κ2) is 23.5. The van der Waals surface area contributed by atoms with Crippen molar-refractivity contribution in [3.8, 4) is 0 Å². The molecule has 5 N–H and O–H groups in total. The number of esters is 1. The average Bonchev–Trinajstić information content (AvgIpc) is 2.96. The summed E-state index contributed by atoms with van der Waals surface area (Å²) in [6.07, 6.45) is 12.3. The first-order valence-electron chi connectivity index (χ1n) is 17.8. The van der Waals surface area contributed by atoms with Gasteiger partial charge in [0.1, 0.15) is 6.61 Å². The van der Waals surface area contributed by atoms with Crippen molar-refractivity contribution in [2.24, 2.45) is 28.4 Å². The van der Waals surface area contributed by atoms with Gasteiger partial charge in [-0.05, 0) is 55.8 Å². The molecule has 3 amide bonds. The van der Waals surface area contributed by atoms with Crippen molar-refractivity contribution in [3.63, 3.8) is 0 Å². The third-order valence-electron chi connectivity index (χ3n) is 9.12. The Morgan fingerprint density at radius 1 is 0.894 bits per heavy atom. The van der Waals surface area contributed by atoms with Crippen LogP contribution in [-0.2, 0) is 19.1 Å². The highest BCUT2D eigenvalue weighted by Gasteiger charge is 2.34. The maximum atomic E-state index is 12.3. The zero-order valence-corrected chi connectivity index (χ0v) is 32.2. The lowest BCUT2D eigenvalue weighted by Crippen LogP contribution is -2.56. The minimum atomic E-state index is -0.568. The molecule has 9 heteroatoms. The van der Waals surface area contributed by atoms with Crippen LogP contribution in [0.15, 0.2) is 24.4 Å². The van der Waals surface area contributed by atoms with Gasteiger partial charge in [-0.2, -0.15) is 0 Å². The molecule has 0 aromatic carbocycles. The molecule has 0 aromatic heterocycles. The van der Waals surface area contributed by atoms with Crippen molar-refractivity contribution >= 4 is 23.7 Å². The van der Waals surface area contributed by atoms with Crippen LogP contribution >= 0.6 is 0 Å². The lowest BCUT2D eigenvalue weighted by atomic mass is 9.80. The van der Waals surface area contributed by atoms with E-state index in [-0.39, 0.29) is 35.3 Å². The van der Waals surface area contributed by atoms with Crippen LogP contribution in [0.4, 0.5) is 4.79 Å². The minimum Gasteiger partial charge on any atom is -0.464 e. The van der Waals surface area contributed by atoms with Gasteiger partial charge in [0.15, 0.2) is 5.78 Å². The average molecular weight is 665 g/mol. The first-order valence-corrected chi connectivity index (χ1v) is 17.8. The molecule has 1 saturated carbocycles. The van der Waals surface area contributed by atoms with Gasteiger partial charge in [-0.15, -0.1) is 0 Å². The highest BCUT2D eigenvalue weighted by Crippen LogP contribution is 2.26. The highest BCUT2D eigenvalue weighted by atomic mass is 16.5. The van der Waals surface area contributed by atoms with Crippen LogP contribution < -0.4 is 21.7 Å². The van der Waals surface area contributed by atoms with Gasteiger partial charge in [-0.25, -0.2) is 4.79 Å². The van der Waals surface area contributed by atoms with Crippen molar-refractivity contribution in [3.05, 3.63) is 24.4 Å². The minimum absolute atomic E-state index is 0.0840. The number of carbonyl (C=O) groups excluding carboxylic acids is 4. The molecule has 3 unspecified atom stereocenters. The van der Waals surface area contributed by atoms with Gasteiger partial charge in [-0.1, -0.05) is 120 Å². The number of amides is 3. The maximum Gasteiger partial charge on any atom is 0.315 e. The summed E-state index contributed by atoms with van der Waals surface area (Å²) < 4.78 is 5.02. The fourth-order valence-corrected chi connectivity index (χ4v) is 4.79. The number of ketones is 1. The second-order valence-electron chi connectivity index (χ2n) is 15.0. The molecule has 0 saturated heterocycles. The topological polar surface area (TPSA) is 140 Å². The summed E-state index contributed by atoms with van der Waals surface area (Å²) in [5.74, 6) is 0.610. The molecule has 0 aliphatic heterocycles. The van der Waals surface area contributed by atoms with E-state index in [0.717, 1.165) is 30.9 Å². The predicted molar refractivity (Wildman–Crippen MR) is 196 cm³/mol. The zero-order valence-electron chi connectivity index (χ0n) is 32.2. The molecule has 0 bridgehead atoms. The van der Waals surface area contributed by atoms with Gasteiger partial charge < -0.3 is 26.4 Å². The van der Waals surface area contributed by atoms with Crippen molar-refractivity contribution < 1.29 is 23.9 Å². The number of nitrogens with one attached hydrogen (secondary N) is 3. The number of allylic oxidation sites excluding steroid dienone is 1. The number of nitrogens with two attached hydrogens (primary N) is 1. The monoisotopic (exact) mass is 665 g/mol. The summed E-state index contributed by atoms with van der Waals surface area (Å²) in [6.45, 7) is 31.1. The van der Waals surface area contributed by atoms with Crippen LogP contribution in [0, 0.1) is 22.7 Å². The van der Waals surface area contributed by atoms with E-state index >= 15 is 0 Å². The standard InChI is InChI=1S/C17H32N2O4.C16H30N2O.C5H10/c1-9-17(7,8)14(11(2)20)19-15(22)18-13(16(4,5)6)10-23-12(3)21;1-6-8-10-15(11-9-7-2)14(5)18-13(4)12(3)16(17)19;1-5-3-2-4-5/h13-14H,9-10H2,1-8H3,(H2,18,19,22);13,15,18H,3,5-11H2,1-2,4H3,(H2,17,19);5H,2-4H2,1H3. The Labute approximate surface area is 288 Å². The summed E-state index contributed by atoms with van der Waals surface area (Å²) >= 11 is 0. The van der Waals surface area contributed by atoms with E-state index in [0.29, 0.717) is 11.5 Å². The Morgan fingerprint density at radius 3 is 1.70 bits per heavy atom. The quantitative estimate of drug-likeness (QED) is 0.0865. The number of primary amides is 1. The number of hydrogen-bond acceptors (Lipinski definition) is 6. The molecule has 1 aliphatic rings. The smallest absolute Gasteiger partial charge is 0.315 e. The molecule has 1 fully saturated rings. The highest BCUT2D eigenvalue weighted by molar-refractivity contribution is 5.92. The second-order valence-corrected chi connectivity index (χ2v) is 15.0. The van der Waals surface area contributed by atoms with Crippen LogP contribution in [-0.4, -0.2) is 48.4 Å². The molecule has 274 valence electrons. The van der Waals surface area contributed by atoms with Crippen LogP contribution in [0.3, 0.4) is 0 Å². The third-order valence-corrected chi connectivity index (χ3v) is 9.12. The van der Waals surface area contributed by atoms with E-state index in [1.807, 2.05) is 48.5 Å². The Bertz CT molecular complexity index is 973.